The first kappa shape index (κ1) is 18.0. The quantitative estimate of drug-likeness (QED) is 0.738. The minimum absolute atomic E-state index is 0.107. The van der Waals surface area contributed by atoms with E-state index < -0.39 is 0 Å². The van der Waals surface area contributed by atoms with Crippen molar-refractivity contribution in [1.29, 1.82) is 0 Å². The smallest absolute Gasteiger partial charge is 0.278 e. The van der Waals surface area contributed by atoms with Crippen LogP contribution in [0, 0.1) is 0 Å². The fraction of sp³-hybridized carbons (Fsp3) is 0.227. The van der Waals surface area contributed by atoms with Gasteiger partial charge in [-0.2, -0.15) is 0 Å². The van der Waals surface area contributed by atoms with Gasteiger partial charge in [0.25, 0.3) is 5.91 Å². The second-order valence-corrected chi connectivity index (χ2v) is 6.81. The summed E-state index contributed by atoms with van der Waals surface area (Å²) in [5.41, 5.74) is 3.51. The van der Waals surface area contributed by atoms with Crippen LogP contribution in [0.1, 0.15) is 28.5 Å². The van der Waals surface area contributed by atoms with Crippen molar-refractivity contribution >= 4 is 17.4 Å². The first-order chi connectivity index (χ1) is 13.7. The van der Waals surface area contributed by atoms with Crippen LogP contribution in [-0.2, 0) is 13.0 Å². The van der Waals surface area contributed by atoms with Crippen LogP contribution in [-0.4, -0.2) is 29.0 Å². The molecule has 1 unspecified atom stereocenters. The maximum Gasteiger partial charge on any atom is 0.278 e. The number of anilines is 2. The number of carbonyl (C=O) groups is 1. The monoisotopic (exact) mass is 374 g/mol. The molecule has 1 aromatic heterocycles. The third-order valence-electron chi connectivity index (χ3n) is 4.95. The van der Waals surface area contributed by atoms with Crippen LogP contribution >= 0.6 is 0 Å². The number of amides is 1. The van der Waals surface area contributed by atoms with E-state index >= 15 is 0 Å². The molecule has 2 heterocycles. The molecule has 142 valence electrons. The number of aromatic nitrogens is 2. The van der Waals surface area contributed by atoms with Gasteiger partial charge < -0.3 is 15.0 Å². The van der Waals surface area contributed by atoms with Crippen molar-refractivity contribution in [3.8, 4) is 5.75 Å². The van der Waals surface area contributed by atoms with E-state index in [1.807, 2.05) is 42.5 Å². The van der Waals surface area contributed by atoms with E-state index in [4.69, 9.17) is 4.74 Å². The average Bonchev–Trinajstić information content (AvgIpc) is 3.08. The highest BCUT2D eigenvalue weighted by molar-refractivity contribution is 6.06. The Balaban J connectivity index is 1.47. The molecular formula is C22H22N4O2. The third kappa shape index (κ3) is 3.41. The number of nitrogens with zero attached hydrogens (tertiary/aromatic N) is 3. The Morgan fingerprint density at radius 2 is 1.93 bits per heavy atom. The summed E-state index contributed by atoms with van der Waals surface area (Å²) in [6.07, 6.45) is 3.98. The number of nitrogens with one attached hydrogen (secondary N) is 1. The lowest BCUT2D eigenvalue weighted by Gasteiger charge is -2.22. The van der Waals surface area contributed by atoms with Gasteiger partial charge in [-0.05, 0) is 31.0 Å². The van der Waals surface area contributed by atoms with E-state index in [-0.39, 0.29) is 11.9 Å². The molecule has 0 fully saturated rings. The number of hydrogen-bond donors (Lipinski definition) is 1. The molecule has 1 N–H and O–H groups in total. The van der Waals surface area contributed by atoms with Crippen LogP contribution in [0.25, 0.3) is 0 Å². The third-order valence-corrected chi connectivity index (χ3v) is 4.95. The molecule has 28 heavy (non-hydrogen) atoms. The molecule has 0 aliphatic carbocycles. The molecule has 0 bridgehead atoms. The van der Waals surface area contributed by atoms with Crippen LogP contribution in [0.3, 0.4) is 0 Å². The Kier molecular flexibility index (Phi) is 4.93. The van der Waals surface area contributed by atoms with Crippen LogP contribution < -0.4 is 15.0 Å². The Morgan fingerprint density at radius 1 is 1.14 bits per heavy atom. The van der Waals surface area contributed by atoms with Gasteiger partial charge in [0.1, 0.15) is 17.3 Å². The zero-order chi connectivity index (χ0) is 19.5. The highest BCUT2D eigenvalue weighted by Gasteiger charge is 2.31. The number of methoxy groups -OCH3 is 1. The number of para-hydroxylation sites is 2. The summed E-state index contributed by atoms with van der Waals surface area (Å²) in [6, 6.07) is 15.9. The van der Waals surface area contributed by atoms with Gasteiger partial charge in [0.2, 0.25) is 0 Å². The molecule has 1 atom stereocenters. The SMILES string of the molecule is COc1ccccc1CNc1cnc(C(=O)N2c3ccccc3CC2C)cn1. The summed E-state index contributed by atoms with van der Waals surface area (Å²) < 4.78 is 5.35. The highest BCUT2D eigenvalue weighted by Crippen LogP contribution is 2.32. The van der Waals surface area contributed by atoms with Gasteiger partial charge in [0.15, 0.2) is 0 Å². The van der Waals surface area contributed by atoms with Crippen LogP contribution in [0.4, 0.5) is 11.5 Å². The van der Waals surface area contributed by atoms with Gasteiger partial charge >= 0.3 is 0 Å². The Hall–Kier alpha value is -3.41. The average molecular weight is 374 g/mol. The van der Waals surface area contributed by atoms with Crippen molar-refractivity contribution in [3.05, 3.63) is 77.7 Å². The number of rotatable bonds is 5. The van der Waals surface area contributed by atoms with Gasteiger partial charge in [-0.15, -0.1) is 0 Å². The molecule has 0 saturated heterocycles. The Morgan fingerprint density at radius 3 is 2.71 bits per heavy atom. The molecular weight excluding hydrogens is 352 g/mol. The van der Waals surface area contributed by atoms with Gasteiger partial charge in [-0.1, -0.05) is 36.4 Å². The molecule has 6 nitrogen and oxygen atoms in total. The molecule has 6 heteroatoms. The first-order valence-corrected chi connectivity index (χ1v) is 9.26. The number of benzene rings is 2. The molecule has 0 spiro atoms. The Bertz CT molecular complexity index is 988. The number of carbonyl (C=O) groups excluding carboxylic acids is 1. The lowest BCUT2D eigenvalue weighted by molar-refractivity contribution is 0.0976. The largest absolute Gasteiger partial charge is 0.496 e. The molecule has 4 rings (SSSR count). The van der Waals surface area contributed by atoms with E-state index in [0.717, 1.165) is 23.4 Å². The molecule has 1 aliphatic rings. The fourth-order valence-corrected chi connectivity index (χ4v) is 3.56. The van der Waals surface area contributed by atoms with Crippen molar-refractivity contribution in [3.63, 3.8) is 0 Å². The predicted octanol–water partition coefficient (Wildman–Crippen LogP) is 3.69. The molecule has 0 saturated carbocycles. The normalized spacial score (nSPS) is 15.2. The van der Waals surface area contributed by atoms with E-state index in [1.165, 1.54) is 11.8 Å². The topological polar surface area (TPSA) is 67.3 Å². The van der Waals surface area contributed by atoms with Crippen molar-refractivity contribution in [2.24, 2.45) is 0 Å². The van der Waals surface area contributed by atoms with E-state index in [9.17, 15) is 4.79 Å². The second-order valence-electron chi connectivity index (χ2n) is 6.81. The van der Waals surface area contributed by atoms with E-state index in [2.05, 4.69) is 28.3 Å². The lowest BCUT2D eigenvalue weighted by atomic mass is 10.1. The van der Waals surface area contributed by atoms with E-state index in [1.54, 1.807) is 18.2 Å². The summed E-state index contributed by atoms with van der Waals surface area (Å²) >= 11 is 0. The molecule has 1 aliphatic heterocycles. The second kappa shape index (κ2) is 7.68. The molecule has 0 radical (unpaired) electrons. The van der Waals surface area contributed by atoms with Crippen molar-refractivity contribution in [2.75, 3.05) is 17.3 Å². The van der Waals surface area contributed by atoms with E-state index in [0.29, 0.717) is 18.1 Å². The van der Waals surface area contributed by atoms with Crippen LogP contribution in [0.2, 0.25) is 0 Å². The van der Waals surface area contributed by atoms with Crippen LogP contribution in [0.5, 0.6) is 5.75 Å². The first-order valence-electron chi connectivity index (χ1n) is 9.26. The summed E-state index contributed by atoms with van der Waals surface area (Å²) in [5, 5.41) is 3.22. The van der Waals surface area contributed by atoms with Crippen molar-refractivity contribution in [1.82, 2.24) is 9.97 Å². The molecule has 3 aromatic rings. The van der Waals surface area contributed by atoms with Gasteiger partial charge in [0, 0.05) is 23.8 Å². The summed E-state index contributed by atoms with van der Waals surface area (Å²) in [5.74, 6) is 1.30. The maximum absolute atomic E-state index is 13.0. The number of hydrogen-bond acceptors (Lipinski definition) is 5. The predicted molar refractivity (Wildman–Crippen MR) is 109 cm³/mol. The molecule has 1 amide bonds. The Labute approximate surface area is 164 Å². The van der Waals surface area contributed by atoms with Gasteiger partial charge in [-0.25, -0.2) is 9.97 Å². The van der Waals surface area contributed by atoms with Gasteiger partial charge in [-0.3, -0.25) is 4.79 Å². The van der Waals surface area contributed by atoms with Crippen molar-refractivity contribution in [2.45, 2.75) is 25.9 Å². The highest BCUT2D eigenvalue weighted by atomic mass is 16.5. The van der Waals surface area contributed by atoms with Crippen LogP contribution in [0.15, 0.2) is 60.9 Å². The maximum atomic E-state index is 13.0. The van der Waals surface area contributed by atoms with Gasteiger partial charge in [0.05, 0.1) is 19.5 Å². The lowest BCUT2D eigenvalue weighted by Crippen LogP contribution is -2.36. The standard InChI is InChI=1S/C22H22N4O2/c1-15-11-16-7-3-5-9-19(16)26(15)22(27)18-13-25-21(14-23-18)24-12-17-8-4-6-10-20(17)28-2/h3-10,13-15H,11-12H2,1-2H3,(H,24,25). The number of fused-ring (bicyclic) bond motifs is 1. The minimum atomic E-state index is -0.124. The fourth-order valence-electron chi connectivity index (χ4n) is 3.56. The minimum Gasteiger partial charge on any atom is -0.496 e. The van der Waals surface area contributed by atoms with Crippen molar-refractivity contribution < 1.29 is 9.53 Å². The summed E-state index contributed by atoms with van der Waals surface area (Å²) in [7, 11) is 1.65. The summed E-state index contributed by atoms with van der Waals surface area (Å²) in [4.78, 5) is 23.5. The molecule has 2 aromatic carbocycles. The number of ether oxygens (including phenoxy) is 1. The summed E-state index contributed by atoms with van der Waals surface area (Å²) in [6.45, 7) is 2.61. The zero-order valence-electron chi connectivity index (χ0n) is 15.9. The zero-order valence-corrected chi connectivity index (χ0v) is 15.9.